The SMILES string of the molecule is COC(=O)c1c(SC)ccnc1OC1CCC(C)N(C(=O)OC(C)(C)C)C1. The molecule has 1 aromatic rings. The lowest BCUT2D eigenvalue weighted by Gasteiger charge is -2.38. The van der Waals surface area contributed by atoms with Crippen LogP contribution in [0.3, 0.4) is 0 Å². The Labute approximate surface area is 164 Å². The Kier molecular flexibility index (Phi) is 6.97. The number of pyridine rings is 1. The minimum absolute atomic E-state index is 0.0604. The highest BCUT2D eigenvalue weighted by molar-refractivity contribution is 7.98. The van der Waals surface area contributed by atoms with E-state index in [0.717, 1.165) is 17.7 Å². The second kappa shape index (κ2) is 8.82. The molecule has 1 saturated heterocycles. The van der Waals surface area contributed by atoms with E-state index in [-0.39, 0.29) is 24.1 Å². The van der Waals surface area contributed by atoms with Gasteiger partial charge in [-0.2, -0.15) is 0 Å². The molecular formula is C19H28N2O5S. The van der Waals surface area contributed by atoms with Crippen molar-refractivity contribution in [2.24, 2.45) is 0 Å². The third-order valence-corrected chi connectivity index (χ3v) is 5.01. The van der Waals surface area contributed by atoms with Gasteiger partial charge in [0.2, 0.25) is 5.88 Å². The summed E-state index contributed by atoms with van der Waals surface area (Å²) in [6, 6.07) is 1.81. The summed E-state index contributed by atoms with van der Waals surface area (Å²) < 4.78 is 16.4. The van der Waals surface area contributed by atoms with E-state index in [1.165, 1.54) is 18.9 Å². The van der Waals surface area contributed by atoms with Gasteiger partial charge in [-0.05, 0) is 52.9 Å². The van der Waals surface area contributed by atoms with Crippen molar-refractivity contribution in [3.05, 3.63) is 17.8 Å². The summed E-state index contributed by atoms with van der Waals surface area (Å²) >= 11 is 1.42. The first kappa shape index (κ1) is 21.3. The number of methoxy groups -OCH3 is 1. The lowest BCUT2D eigenvalue weighted by Crippen LogP contribution is -2.50. The smallest absolute Gasteiger partial charge is 0.410 e. The van der Waals surface area contributed by atoms with Crippen molar-refractivity contribution in [1.82, 2.24) is 9.88 Å². The molecule has 0 N–H and O–H groups in total. The number of likely N-dealkylation sites (tertiary alicyclic amines) is 1. The number of hydrogen-bond acceptors (Lipinski definition) is 7. The number of esters is 1. The van der Waals surface area contributed by atoms with Crippen molar-refractivity contribution in [3.8, 4) is 5.88 Å². The summed E-state index contributed by atoms with van der Waals surface area (Å²) in [5.41, 5.74) is -0.244. The standard InChI is InChI=1S/C19H28N2O5S/c1-12-7-8-13(11-21(12)18(23)26-19(2,3)4)25-16-15(17(22)24-5)14(27-6)9-10-20-16/h9-10,12-13H,7-8,11H2,1-6H3. The molecule has 0 aliphatic carbocycles. The van der Waals surface area contributed by atoms with Gasteiger partial charge in [0.25, 0.3) is 0 Å². The van der Waals surface area contributed by atoms with E-state index in [0.29, 0.717) is 12.1 Å². The fraction of sp³-hybridized carbons (Fsp3) is 0.632. The van der Waals surface area contributed by atoms with Crippen LogP contribution < -0.4 is 4.74 Å². The van der Waals surface area contributed by atoms with Crippen LogP contribution in [-0.4, -0.2) is 59.6 Å². The highest BCUT2D eigenvalue weighted by Crippen LogP contribution is 2.30. The quantitative estimate of drug-likeness (QED) is 0.566. The third kappa shape index (κ3) is 5.51. The van der Waals surface area contributed by atoms with Gasteiger partial charge in [-0.1, -0.05) is 0 Å². The zero-order valence-corrected chi connectivity index (χ0v) is 17.6. The van der Waals surface area contributed by atoms with Crippen molar-refractivity contribution < 1.29 is 23.8 Å². The number of nitrogens with zero attached hydrogens (tertiary/aromatic N) is 2. The number of piperidine rings is 1. The van der Waals surface area contributed by atoms with Gasteiger partial charge in [0.05, 0.1) is 13.7 Å². The molecule has 2 heterocycles. The number of amides is 1. The van der Waals surface area contributed by atoms with Gasteiger partial charge in [0, 0.05) is 17.1 Å². The maximum absolute atomic E-state index is 12.5. The molecule has 0 aromatic carbocycles. The molecule has 8 heteroatoms. The second-order valence-corrected chi connectivity index (χ2v) is 8.33. The van der Waals surface area contributed by atoms with E-state index < -0.39 is 11.6 Å². The zero-order valence-electron chi connectivity index (χ0n) is 16.8. The van der Waals surface area contributed by atoms with E-state index in [9.17, 15) is 9.59 Å². The Hall–Kier alpha value is -1.96. The fourth-order valence-electron chi connectivity index (χ4n) is 2.88. The lowest BCUT2D eigenvalue weighted by molar-refractivity contribution is -0.00634. The summed E-state index contributed by atoms with van der Waals surface area (Å²) in [6.07, 6.45) is 4.37. The van der Waals surface area contributed by atoms with Crippen LogP contribution >= 0.6 is 11.8 Å². The first-order valence-corrected chi connectivity index (χ1v) is 10.2. The molecule has 1 aliphatic rings. The van der Waals surface area contributed by atoms with E-state index in [2.05, 4.69) is 4.98 Å². The van der Waals surface area contributed by atoms with Crippen LogP contribution in [0.2, 0.25) is 0 Å². The Morgan fingerprint density at radius 2 is 2.00 bits per heavy atom. The Balaban J connectivity index is 2.18. The van der Waals surface area contributed by atoms with Crippen molar-refractivity contribution in [2.45, 2.75) is 63.2 Å². The predicted octanol–water partition coefficient (Wildman–Crippen LogP) is 3.76. The summed E-state index contributed by atoms with van der Waals surface area (Å²) in [7, 11) is 1.33. The molecule has 0 bridgehead atoms. The van der Waals surface area contributed by atoms with Crippen LogP contribution in [0.5, 0.6) is 5.88 Å². The van der Waals surface area contributed by atoms with E-state index >= 15 is 0 Å². The van der Waals surface area contributed by atoms with Crippen LogP contribution in [0, 0.1) is 0 Å². The van der Waals surface area contributed by atoms with Crippen LogP contribution in [0.25, 0.3) is 0 Å². The number of thioether (sulfide) groups is 1. The number of carbonyl (C=O) groups excluding carboxylic acids is 2. The maximum atomic E-state index is 12.5. The number of aromatic nitrogens is 1. The monoisotopic (exact) mass is 396 g/mol. The zero-order chi connectivity index (χ0) is 20.2. The van der Waals surface area contributed by atoms with E-state index in [1.807, 2.05) is 34.0 Å². The maximum Gasteiger partial charge on any atom is 0.410 e. The highest BCUT2D eigenvalue weighted by atomic mass is 32.2. The molecule has 150 valence electrons. The molecule has 2 rings (SSSR count). The highest BCUT2D eigenvalue weighted by Gasteiger charge is 2.34. The average Bonchev–Trinajstić information content (AvgIpc) is 2.60. The molecule has 1 aliphatic heterocycles. The topological polar surface area (TPSA) is 78.0 Å². The third-order valence-electron chi connectivity index (χ3n) is 4.23. The number of hydrogen-bond donors (Lipinski definition) is 0. The fourth-order valence-corrected chi connectivity index (χ4v) is 3.45. The van der Waals surface area contributed by atoms with E-state index in [4.69, 9.17) is 14.2 Å². The normalized spacial score (nSPS) is 20.1. The molecule has 0 saturated carbocycles. The molecule has 27 heavy (non-hydrogen) atoms. The lowest BCUT2D eigenvalue weighted by atomic mass is 10.0. The molecule has 0 radical (unpaired) electrons. The van der Waals surface area contributed by atoms with Crippen LogP contribution in [0.15, 0.2) is 17.2 Å². The van der Waals surface area contributed by atoms with Crippen molar-refractivity contribution in [2.75, 3.05) is 19.9 Å². The number of carbonyl (C=O) groups is 2. The van der Waals surface area contributed by atoms with Gasteiger partial charge < -0.3 is 19.1 Å². The number of rotatable bonds is 4. The minimum Gasteiger partial charge on any atom is -0.472 e. The van der Waals surface area contributed by atoms with Crippen LogP contribution in [-0.2, 0) is 9.47 Å². The minimum atomic E-state index is -0.559. The van der Waals surface area contributed by atoms with Crippen molar-refractivity contribution >= 4 is 23.8 Å². The second-order valence-electron chi connectivity index (χ2n) is 7.48. The average molecular weight is 397 g/mol. The Morgan fingerprint density at radius 1 is 1.30 bits per heavy atom. The first-order valence-electron chi connectivity index (χ1n) is 8.94. The summed E-state index contributed by atoms with van der Waals surface area (Å²) in [5.74, 6) is -0.256. The van der Waals surface area contributed by atoms with Crippen molar-refractivity contribution in [3.63, 3.8) is 0 Å². The Morgan fingerprint density at radius 3 is 2.59 bits per heavy atom. The van der Waals surface area contributed by atoms with Crippen molar-refractivity contribution in [1.29, 1.82) is 0 Å². The summed E-state index contributed by atoms with van der Waals surface area (Å²) in [5, 5.41) is 0. The van der Waals surface area contributed by atoms with Gasteiger partial charge in [0.15, 0.2) is 0 Å². The van der Waals surface area contributed by atoms with E-state index in [1.54, 1.807) is 17.2 Å². The van der Waals surface area contributed by atoms with Crippen LogP contribution in [0.4, 0.5) is 4.79 Å². The predicted molar refractivity (Wildman–Crippen MR) is 103 cm³/mol. The molecule has 1 fully saturated rings. The molecule has 1 amide bonds. The molecule has 0 spiro atoms. The molecule has 1 aromatic heterocycles. The Bertz CT molecular complexity index is 689. The van der Waals surface area contributed by atoms with Crippen LogP contribution in [0.1, 0.15) is 50.9 Å². The summed E-state index contributed by atoms with van der Waals surface area (Å²) in [6.45, 7) is 7.89. The first-order chi connectivity index (χ1) is 12.7. The molecule has 2 atom stereocenters. The van der Waals surface area contributed by atoms with Gasteiger partial charge in [-0.3, -0.25) is 0 Å². The molecule has 2 unspecified atom stereocenters. The van der Waals surface area contributed by atoms with Gasteiger partial charge in [0.1, 0.15) is 17.3 Å². The molecular weight excluding hydrogens is 368 g/mol. The largest absolute Gasteiger partial charge is 0.472 e. The molecule has 7 nitrogen and oxygen atoms in total. The van der Waals surface area contributed by atoms with Gasteiger partial charge >= 0.3 is 12.1 Å². The van der Waals surface area contributed by atoms with Gasteiger partial charge in [-0.25, -0.2) is 14.6 Å². The number of ether oxygens (including phenoxy) is 3. The summed E-state index contributed by atoms with van der Waals surface area (Å²) in [4.78, 5) is 31.3. The van der Waals surface area contributed by atoms with Gasteiger partial charge in [-0.15, -0.1) is 11.8 Å².